The largest absolute Gasteiger partial charge is 0.348 e. The van der Waals surface area contributed by atoms with E-state index in [1.54, 1.807) is 11.3 Å². The number of piperidine rings is 1. The van der Waals surface area contributed by atoms with Crippen LogP contribution >= 0.6 is 11.3 Å². The Hall–Kier alpha value is -2.66. The molecule has 1 atom stereocenters. The van der Waals surface area contributed by atoms with E-state index in [0.717, 1.165) is 47.2 Å². The number of nitrogens with one attached hydrogen (secondary N) is 1. The predicted molar refractivity (Wildman–Crippen MR) is 122 cm³/mol. The highest BCUT2D eigenvalue weighted by Crippen LogP contribution is 2.30. The van der Waals surface area contributed by atoms with Crippen molar-refractivity contribution >= 4 is 28.1 Å². The van der Waals surface area contributed by atoms with Crippen molar-refractivity contribution < 1.29 is 4.79 Å². The van der Waals surface area contributed by atoms with E-state index in [1.807, 2.05) is 61.5 Å². The summed E-state index contributed by atoms with van der Waals surface area (Å²) in [6.07, 6.45) is 4.60. The molecule has 29 heavy (non-hydrogen) atoms. The number of aromatic nitrogens is 1. The zero-order valence-corrected chi connectivity index (χ0v) is 17.6. The second-order valence-electron chi connectivity index (χ2n) is 7.50. The minimum Gasteiger partial charge on any atom is -0.348 e. The highest BCUT2D eigenvalue weighted by Gasteiger charge is 2.19. The second kappa shape index (κ2) is 9.23. The van der Waals surface area contributed by atoms with Crippen molar-refractivity contribution in [3.63, 3.8) is 0 Å². The molecule has 1 aliphatic heterocycles. The summed E-state index contributed by atoms with van der Waals surface area (Å²) in [4.78, 5) is 20.0. The quantitative estimate of drug-likeness (QED) is 0.552. The molecule has 0 radical (unpaired) electrons. The highest BCUT2D eigenvalue weighted by molar-refractivity contribution is 7.14. The van der Waals surface area contributed by atoms with Gasteiger partial charge in [0.25, 0.3) is 0 Å². The SMILES string of the molecule is CC[C@@H](C(=O)Nc1ccc(-c2csc(N3CCCCC3)n2)cc1)c1ccccc1. The summed E-state index contributed by atoms with van der Waals surface area (Å²) in [6, 6.07) is 18.0. The second-order valence-corrected chi connectivity index (χ2v) is 8.34. The summed E-state index contributed by atoms with van der Waals surface area (Å²) in [6.45, 7) is 4.26. The Kier molecular flexibility index (Phi) is 6.25. The normalized spacial score (nSPS) is 15.1. The molecule has 5 heteroatoms. The average Bonchev–Trinajstić information content (AvgIpc) is 3.26. The average molecular weight is 406 g/mol. The summed E-state index contributed by atoms with van der Waals surface area (Å²) in [5.74, 6) is -0.103. The van der Waals surface area contributed by atoms with Crippen LogP contribution in [-0.2, 0) is 4.79 Å². The molecule has 2 heterocycles. The van der Waals surface area contributed by atoms with E-state index in [1.165, 1.54) is 19.3 Å². The van der Waals surface area contributed by atoms with Gasteiger partial charge >= 0.3 is 0 Å². The molecule has 1 N–H and O–H groups in total. The molecule has 1 amide bonds. The summed E-state index contributed by atoms with van der Waals surface area (Å²) < 4.78 is 0. The van der Waals surface area contributed by atoms with Crippen molar-refractivity contribution in [3.8, 4) is 11.3 Å². The van der Waals surface area contributed by atoms with Crippen molar-refractivity contribution in [2.24, 2.45) is 0 Å². The number of rotatable bonds is 6. The first-order valence-electron chi connectivity index (χ1n) is 10.4. The fourth-order valence-electron chi connectivity index (χ4n) is 3.84. The summed E-state index contributed by atoms with van der Waals surface area (Å²) >= 11 is 1.72. The van der Waals surface area contributed by atoms with Gasteiger partial charge in [-0.2, -0.15) is 0 Å². The monoisotopic (exact) mass is 405 g/mol. The Labute approximate surface area is 176 Å². The third-order valence-electron chi connectivity index (χ3n) is 5.49. The van der Waals surface area contributed by atoms with E-state index in [0.29, 0.717) is 0 Å². The van der Waals surface area contributed by atoms with Gasteiger partial charge in [-0.05, 0) is 43.4 Å². The van der Waals surface area contributed by atoms with Gasteiger partial charge in [0.05, 0.1) is 11.6 Å². The highest BCUT2D eigenvalue weighted by atomic mass is 32.1. The Bertz CT molecular complexity index is 930. The molecule has 0 unspecified atom stereocenters. The zero-order valence-electron chi connectivity index (χ0n) is 16.8. The Morgan fingerprint density at radius 1 is 1.07 bits per heavy atom. The molecule has 4 nitrogen and oxygen atoms in total. The Morgan fingerprint density at radius 3 is 2.48 bits per heavy atom. The number of anilines is 2. The van der Waals surface area contributed by atoms with Gasteiger partial charge in [-0.25, -0.2) is 4.98 Å². The molecule has 0 bridgehead atoms. The molecule has 0 spiro atoms. The Balaban J connectivity index is 1.43. The maximum Gasteiger partial charge on any atom is 0.231 e. The number of carbonyl (C=O) groups is 1. The lowest BCUT2D eigenvalue weighted by atomic mass is 9.95. The molecule has 1 aromatic heterocycles. The van der Waals surface area contributed by atoms with Gasteiger partial charge in [0, 0.05) is 29.7 Å². The molecule has 150 valence electrons. The number of thiazole rings is 1. The van der Waals surface area contributed by atoms with Gasteiger partial charge in [-0.1, -0.05) is 49.4 Å². The first kappa shape index (κ1) is 19.6. The number of benzene rings is 2. The van der Waals surface area contributed by atoms with Crippen molar-refractivity contribution in [3.05, 3.63) is 65.5 Å². The van der Waals surface area contributed by atoms with Gasteiger partial charge in [-0.15, -0.1) is 11.3 Å². The number of carbonyl (C=O) groups excluding carboxylic acids is 1. The van der Waals surface area contributed by atoms with Gasteiger partial charge in [-0.3, -0.25) is 4.79 Å². The van der Waals surface area contributed by atoms with Gasteiger partial charge < -0.3 is 10.2 Å². The van der Waals surface area contributed by atoms with Crippen LogP contribution in [0.4, 0.5) is 10.8 Å². The van der Waals surface area contributed by atoms with Gasteiger partial charge in [0.15, 0.2) is 5.13 Å². The lowest BCUT2D eigenvalue weighted by Gasteiger charge is -2.25. The summed E-state index contributed by atoms with van der Waals surface area (Å²) in [5, 5.41) is 6.30. The molecule has 4 rings (SSSR count). The molecular formula is C24H27N3OS. The molecule has 0 aliphatic carbocycles. The van der Waals surface area contributed by atoms with E-state index in [2.05, 4.69) is 15.6 Å². The van der Waals surface area contributed by atoms with E-state index in [9.17, 15) is 4.79 Å². The summed E-state index contributed by atoms with van der Waals surface area (Å²) in [7, 11) is 0. The molecule has 1 aliphatic rings. The van der Waals surface area contributed by atoms with Crippen LogP contribution in [0.3, 0.4) is 0 Å². The van der Waals surface area contributed by atoms with E-state index < -0.39 is 0 Å². The van der Waals surface area contributed by atoms with Crippen LogP contribution in [0, 0.1) is 0 Å². The van der Waals surface area contributed by atoms with Crippen LogP contribution in [0.2, 0.25) is 0 Å². The minimum atomic E-state index is -0.137. The van der Waals surface area contributed by atoms with E-state index in [4.69, 9.17) is 4.98 Å². The smallest absolute Gasteiger partial charge is 0.231 e. The van der Waals surface area contributed by atoms with Crippen LogP contribution in [0.25, 0.3) is 11.3 Å². The number of hydrogen-bond acceptors (Lipinski definition) is 4. The molecule has 0 saturated carbocycles. The van der Waals surface area contributed by atoms with Crippen molar-refractivity contribution in [1.82, 2.24) is 4.98 Å². The van der Waals surface area contributed by atoms with Gasteiger partial charge in [0.2, 0.25) is 5.91 Å². The third kappa shape index (κ3) is 4.67. The topological polar surface area (TPSA) is 45.2 Å². The molecule has 1 saturated heterocycles. The fraction of sp³-hybridized carbons (Fsp3) is 0.333. The minimum absolute atomic E-state index is 0.0347. The summed E-state index contributed by atoms with van der Waals surface area (Å²) in [5.41, 5.74) is 3.96. The van der Waals surface area contributed by atoms with Crippen LogP contribution in [0.15, 0.2) is 60.0 Å². The molecule has 3 aromatic rings. The van der Waals surface area contributed by atoms with E-state index in [-0.39, 0.29) is 11.8 Å². The number of amides is 1. The number of nitrogens with zero attached hydrogens (tertiary/aromatic N) is 2. The zero-order chi connectivity index (χ0) is 20.1. The van der Waals surface area contributed by atoms with Crippen molar-refractivity contribution in [2.75, 3.05) is 23.3 Å². The van der Waals surface area contributed by atoms with Crippen molar-refractivity contribution in [2.45, 2.75) is 38.5 Å². The van der Waals surface area contributed by atoms with Crippen molar-refractivity contribution in [1.29, 1.82) is 0 Å². The maximum atomic E-state index is 12.8. The predicted octanol–water partition coefficient (Wildman–Crippen LogP) is 5.93. The lowest BCUT2D eigenvalue weighted by molar-refractivity contribution is -0.117. The molecule has 2 aromatic carbocycles. The van der Waals surface area contributed by atoms with Crippen LogP contribution < -0.4 is 10.2 Å². The first-order chi connectivity index (χ1) is 14.2. The van der Waals surface area contributed by atoms with Crippen LogP contribution in [0.5, 0.6) is 0 Å². The molecule has 1 fully saturated rings. The molecular weight excluding hydrogens is 378 g/mol. The van der Waals surface area contributed by atoms with E-state index >= 15 is 0 Å². The van der Waals surface area contributed by atoms with Crippen LogP contribution in [-0.4, -0.2) is 24.0 Å². The number of hydrogen-bond donors (Lipinski definition) is 1. The van der Waals surface area contributed by atoms with Gasteiger partial charge in [0.1, 0.15) is 0 Å². The maximum absolute atomic E-state index is 12.8. The standard InChI is InChI=1S/C24H27N3OS/c1-2-21(18-9-5-3-6-10-18)23(28)25-20-13-11-19(12-14-20)22-17-29-24(26-22)27-15-7-4-8-16-27/h3,5-6,9-14,17,21H,2,4,7-8,15-16H2,1H3,(H,25,28)/t21-/m1/s1. The first-order valence-corrected chi connectivity index (χ1v) is 11.3. The third-order valence-corrected chi connectivity index (χ3v) is 6.39. The Morgan fingerprint density at radius 2 is 1.79 bits per heavy atom. The fourth-order valence-corrected chi connectivity index (χ4v) is 4.73. The lowest BCUT2D eigenvalue weighted by Crippen LogP contribution is -2.29. The van der Waals surface area contributed by atoms with Crippen LogP contribution in [0.1, 0.15) is 44.1 Å².